The van der Waals surface area contributed by atoms with E-state index in [0.717, 1.165) is 28.7 Å². The first-order chi connectivity index (χ1) is 25.8. The van der Waals surface area contributed by atoms with Gasteiger partial charge in [-0.15, -0.1) is 0 Å². The third-order valence-corrected chi connectivity index (χ3v) is 11.6. The molecule has 5 rings (SSSR count). The average Bonchev–Trinajstić information content (AvgIpc) is 3.70. The zero-order valence-electron chi connectivity index (χ0n) is 33.7. The number of ether oxygens (including phenoxy) is 4. The topological polar surface area (TPSA) is 141 Å². The van der Waals surface area contributed by atoms with Crippen LogP contribution in [0.15, 0.2) is 42.5 Å². The third kappa shape index (κ3) is 9.47. The molecule has 0 aromatic heterocycles. The van der Waals surface area contributed by atoms with Gasteiger partial charge in [-0.3, -0.25) is 24.1 Å². The summed E-state index contributed by atoms with van der Waals surface area (Å²) in [7, 11) is 0. The van der Waals surface area contributed by atoms with Crippen molar-refractivity contribution >= 4 is 23.6 Å². The van der Waals surface area contributed by atoms with E-state index in [-0.39, 0.29) is 24.7 Å². The number of hydrogen-bond donors (Lipinski definition) is 2. The lowest BCUT2D eigenvalue weighted by atomic mass is 9.70. The van der Waals surface area contributed by atoms with Gasteiger partial charge in [-0.05, 0) is 74.8 Å². The molecule has 3 fully saturated rings. The number of aliphatic hydroxyl groups is 1. The van der Waals surface area contributed by atoms with Crippen LogP contribution in [0.5, 0.6) is 0 Å². The van der Waals surface area contributed by atoms with Crippen LogP contribution in [0.3, 0.4) is 0 Å². The van der Waals surface area contributed by atoms with Crippen LogP contribution in [0, 0.1) is 18.3 Å². The van der Waals surface area contributed by atoms with Crippen LogP contribution in [-0.4, -0.2) is 96.0 Å². The number of nitrogens with zero attached hydrogens (tertiary/aromatic N) is 1. The first kappa shape index (κ1) is 42.4. The standard InChI is InChI=1S/C43H59FN2O9/c1-27-12-17-34(43-38(54-30(4)48)37(53-29(3)47)28(2)42(55-43,26-52-43)41(7,8)51)23-33(27)22-32-15-13-31(14-16-32)10-9-11-36(49)24-40(5,6)39(50)45-19-21-46-20-18-35(44)25-46/h12-17,23,28,35,37-38,51H,9-11,18-22,24-26H2,1-8H3,(H,45,50)/t28-,35+,37-,38+,42-,43-/m0/s1. The van der Waals surface area contributed by atoms with E-state index in [1.807, 2.05) is 30.0 Å². The number of rotatable bonds is 16. The fourth-order valence-corrected chi connectivity index (χ4v) is 8.33. The molecule has 0 spiro atoms. The Balaban J connectivity index is 1.22. The number of likely N-dealkylation sites (tertiary alicyclic amines) is 1. The van der Waals surface area contributed by atoms with Crippen LogP contribution in [0.25, 0.3) is 0 Å². The van der Waals surface area contributed by atoms with Crippen molar-refractivity contribution in [2.75, 3.05) is 32.8 Å². The second kappa shape index (κ2) is 16.8. The molecule has 1 amide bonds. The minimum absolute atomic E-state index is 0.0146. The molecule has 0 saturated carbocycles. The molecule has 0 radical (unpaired) electrons. The van der Waals surface area contributed by atoms with Gasteiger partial charge in [-0.1, -0.05) is 57.2 Å². The molecule has 11 nitrogen and oxygen atoms in total. The molecular weight excluding hydrogens is 707 g/mol. The van der Waals surface area contributed by atoms with E-state index < -0.39 is 58.6 Å². The van der Waals surface area contributed by atoms with Crippen LogP contribution < -0.4 is 5.32 Å². The highest BCUT2D eigenvalue weighted by atomic mass is 19.1. The minimum atomic E-state index is -1.64. The summed E-state index contributed by atoms with van der Waals surface area (Å²) in [6, 6.07) is 14.0. The monoisotopic (exact) mass is 766 g/mol. The Morgan fingerprint density at radius 2 is 1.69 bits per heavy atom. The predicted octanol–water partition coefficient (Wildman–Crippen LogP) is 5.28. The van der Waals surface area contributed by atoms with Gasteiger partial charge in [0.25, 0.3) is 0 Å². The lowest BCUT2D eigenvalue weighted by Gasteiger charge is -2.53. The number of amides is 1. The van der Waals surface area contributed by atoms with Crippen LogP contribution >= 0.6 is 0 Å². The van der Waals surface area contributed by atoms with Crippen molar-refractivity contribution in [1.29, 1.82) is 0 Å². The first-order valence-electron chi connectivity index (χ1n) is 19.5. The van der Waals surface area contributed by atoms with Crippen molar-refractivity contribution in [3.8, 4) is 0 Å². The molecule has 0 aliphatic carbocycles. The van der Waals surface area contributed by atoms with Crippen LogP contribution in [-0.2, 0) is 56.8 Å². The highest BCUT2D eigenvalue weighted by Gasteiger charge is 2.72. The molecule has 2 bridgehead atoms. The summed E-state index contributed by atoms with van der Waals surface area (Å²) in [5.74, 6) is -3.49. The number of benzene rings is 2. The van der Waals surface area contributed by atoms with E-state index >= 15 is 0 Å². The fraction of sp³-hybridized carbons (Fsp3) is 0.628. The normalized spacial score (nSPS) is 26.8. The van der Waals surface area contributed by atoms with Crippen molar-refractivity contribution in [2.45, 2.75) is 129 Å². The molecule has 2 aromatic carbocycles. The molecular formula is C43H59FN2O9. The zero-order chi connectivity index (χ0) is 40.3. The molecule has 0 unspecified atom stereocenters. The number of alkyl halides is 1. The summed E-state index contributed by atoms with van der Waals surface area (Å²) in [6.07, 6.45) is 0.165. The summed E-state index contributed by atoms with van der Waals surface area (Å²) in [4.78, 5) is 52.4. The number of halogens is 1. The number of esters is 2. The van der Waals surface area contributed by atoms with E-state index in [4.69, 9.17) is 18.9 Å². The van der Waals surface area contributed by atoms with Gasteiger partial charge in [0.1, 0.15) is 23.7 Å². The molecule has 6 atom stereocenters. The summed E-state index contributed by atoms with van der Waals surface area (Å²) in [6.45, 7) is 15.4. The highest BCUT2D eigenvalue weighted by Crippen LogP contribution is 2.57. The van der Waals surface area contributed by atoms with Gasteiger partial charge in [0.05, 0.1) is 17.6 Å². The summed E-state index contributed by atoms with van der Waals surface area (Å²) in [5.41, 5.74) is 1.26. The molecule has 3 aliphatic heterocycles. The number of ketones is 1. The number of aryl methyl sites for hydroxylation is 2. The number of carbonyl (C=O) groups is 4. The molecule has 2 N–H and O–H groups in total. The number of carbonyl (C=O) groups excluding carboxylic acids is 4. The average molecular weight is 767 g/mol. The van der Waals surface area contributed by atoms with Crippen molar-refractivity contribution < 1.29 is 47.6 Å². The van der Waals surface area contributed by atoms with Crippen LogP contribution in [0.4, 0.5) is 4.39 Å². The van der Waals surface area contributed by atoms with Gasteiger partial charge < -0.3 is 29.4 Å². The Morgan fingerprint density at radius 1 is 1.02 bits per heavy atom. The summed E-state index contributed by atoms with van der Waals surface area (Å²) >= 11 is 0. The van der Waals surface area contributed by atoms with Crippen molar-refractivity contribution in [3.05, 3.63) is 70.3 Å². The van der Waals surface area contributed by atoms with Gasteiger partial charge in [0, 0.05) is 64.3 Å². The van der Waals surface area contributed by atoms with Gasteiger partial charge in [0.2, 0.25) is 11.7 Å². The molecule has 2 aromatic rings. The second-order valence-corrected chi connectivity index (χ2v) is 16.9. The number of hydrogen-bond acceptors (Lipinski definition) is 10. The molecule has 12 heteroatoms. The molecule has 3 saturated heterocycles. The van der Waals surface area contributed by atoms with E-state index in [1.165, 1.54) is 13.8 Å². The highest BCUT2D eigenvalue weighted by molar-refractivity contribution is 5.89. The molecule has 302 valence electrons. The number of Topliss-reactive ketones (excluding diaryl/α,β-unsaturated/α-hetero) is 1. The lowest BCUT2D eigenvalue weighted by molar-refractivity contribution is -0.339. The summed E-state index contributed by atoms with van der Waals surface area (Å²) in [5, 5.41) is 14.3. The van der Waals surface area contributed by atoms with Gasteiger partial charge >= 0.3 is 11.9 Å². The summed E-state index contributed by atoms with van der Waals surface area (Å²) < 4.78 is 38.3. The molecule has 55 heavy (non-hydrogen) atoms. The fourth-order valence-electron chi connectivity index (χ4n) is 8.33. The maximum absolute atomic E-state index is 13.4. The van der Waals surface area contributed by atoms with Crippen molar-refractivity contribution in [3.63, 3.8) is 0 Å². The smallest absolute Gasteiger partial charge is 0.303 e. The first-order valence-corrected chi connectivity index (χ1v) is 19.5. The van der Waals surface area contributed by atoms with E-state index in [2.05, 4.69) is 29.6 Å². The third-order valence-electron chi connectivity index (χ3n) is 11.6. The van der Waals surface area contributed by atoms with Gasteiger partial charge in [-0.25, -0.2) is 4.39 Å². The Bertz CT molecular complexity index is 1720. The molecule has 3 heterocycles. The van der Waals surface area contributed by atoms with E-state index in [9.17, 15) is 28.7 Å². The maximum atomic E-state index is 13.4. The molecule has 3 aliphatic rings. The SMILES string of the molecule is CC(=O)O[C@@H]1[C@@H](OC(C)=O)[C@@]2(c3ccc(C)c(Cc4ccc(CCCC(=O)CC(C)(C)C(=O)NCCN5CC[C@@H](F)C5)cc4)c3)OC[C@](C(C)(C)O)(O2)[C@H]1C. The van der Waals surface area contributed by atoms with Crippen LogP contribution in [0.2, 0.25) is 0 Å². The van der Waals surface area contributed by atoms with Crippen molar-refractivity contribution in [1.82, 2.24) is 10.2 Å². The Morgan fingerprint density at radius 3 is 2.31 bits per heavy atom. The van der Waals surface area contributed by atoms with Crippen molar-refractivity contribution in [2.24, 2.45) is 11.3 Å². The Hall–Kier alpha value is -3.71. The van der Waals surface area contributed by atoms with E-state index in [0.29, 0.717) is 57.4 Å². The Kier molecular flexibility index (Phi) is 13.0. The number of fused-ring (bicyclic) bond motifs is 2. The van der Waals surface area contributed by atoms with Crippen LogP contribution in [0.1, 0.15) is 102 Å². The quantitative estimate of drug-likeness (QED) is 0.217. The zero-order valence-corrected chi connectivity index (χ0v) is 33.7. The number of nitrogens with one attached hydrogen (secondary N) is 1. The maximum Gasteiger partial charge on any atom is 0.303 e. The largest absolute Gasteiger partial charge is 0.458 e. The minimum Gasteiger partial charge on any atom is -0.458 e. The second-order valence-electron chi connectivity index (χ2n) is 16.9. The van der Waals surface area contributed by atoms with E-state index in [1.54, 1.807) is 34.6 Å². The predicted molar refractivity (Wildman–Crippen MR) is 204 cm³/mol. The Labute approximate surface area is 324 Å². The van der Waals surface area contributed by atoms with Gasteiger partial charge in [-0.2, -0.15) is 0 Å². The lowest BCUT2D eigenvalue weighted by Crippen LogP contribution is -2.68. The van der Waals surface area contributed by atoms with Gasteiger partial charge in [0.15, 0.2) is 6.10 Å².